The molecule has 0 radical (unpaired) electrons. The van der Waals surface area contributed by atoms with Crippen LogP contribution in [0.25, 0.3) is 0 Å². The first-order valence-electron chi connectivity index (χ1n) is 9.96. The second kappa shape index (κ2) is 9.37. The van der Waals surface area contributed by atoms with E-state index in [1.807, 2.05) is 4.90 Å². The number of likely N-dealkylation sites (tertiary alicyclic amines) is 1. The number of hydrogen-bond donors (Lipinski definition) is 1. The molecular formula is C23H26N2O4. The van der Waals surface area contributed by atoms with E-state index < -0.39 is 5.97 Å². The minimum atomic E-state index is -0.486. The molecule has 0 aromatic heterocycles. The van der Waals surface area contributed by atoms with Crippen molar-refractivity contribution in [1.82, 2.24) is 4.90 Å². The number of anilines is 1. The molecule has 2 amide bonds. The van der Waals surface area contributed by atoms with Crippen LogP contribution in [0.1, 0.15) is 57.8 Å². The molecule has 3 rings (SSSR count). The number of para-hydroxylation sites is 1. The van der Waals surface area contributed by atoms with Crippen molar-refractivity contribution in [3.05, 3.63) is 65.2 Å². The van der Waals surface area contributed by atoms with E-state index in [1.165, 1.54) is 0 Å². The zero-order valence-corrected chi connectivity index (χ0v) is 16.8. The highest BCUT2D eigenvalue weighted by Crippen LogP contribution is 2.20. The van der Waals surface area contributed by atoms with Crippen LogP contribution in [0.3, 0.4) is 0 Å². The standard InChI is InChI=1S/C23H26N2O4/c1-3-29-23(28)19-6-4-5-7-20(19)24-21(26)17-8-10-18(11-9-17)22(27)25-14-12-16(2)13-15-25/h4-11,16H,3,12-15H2,1-2H3,(H,24,26). The van der Waals surface area contributed by atoms with Crippen molar-refractivity contribution in [1.29, 1.82) is 0 Å². The molecule has 0 saturated carbocycles. The highest BCUT2D eigenvalue weighted by atomic mass is 16.5. The fraction of sp³-hybridized carbons (Fsp3) is 0.348. The fourth-order valence-electron chi connectivity index (χ4n) is 3.33. The first-order valence-corrected chi connectivity index (χ1v) is 9.96. The summed E-state index contributed by atoms with van der Waals surface area (Å²) < 4.78 is 5.03. The summed E-state index contributed by atoms with van der Waals surface area (Å²) in [6, 6.07) is 13.3. The average molecular weight is 394 g/mol. The zero-order valence-electron chi connectivity index (χ0n) is 16.8. The minimum Gasteiger partial charge on any atom is -0.462 e. The monoisotopic (exact) mass is 394 g/mol. The topological polar surface area (TPSA) is 75.7 Å². The Bertz CT molecular complexity index is 884. The van der Waals surface area contributed by atoms with Gasteiger partial charge in [-0.25, -0.2) is 4.79 Å². The van der Waals surface area contributed by atoms with E-state index in [9.17, 15) is 14.4 Å². The van der Waals surface area contributed by atoms with Gasteiger partial charge in [0.1, 0.15) is 0 Å². The van der Waals surface area contributed by atoms with E-state index in [1.54, 1.807) is 55.5 Å². The second-order valence-corrected chi connectivity index (χ2v) is 7.27. The number of carbonyl (C=O) groups is 3. The van der Waals surface area contributed by atoms with Crippen molar-refractivity contribution in [3.63, 3.8) is 0 Å². The summed E-state index contributed by atoms with van der Waals surface area (Å²) >= 11 is 0. The quantitative estimate of drug-likeness (QED) is 0.778. The Labute approximate surface area is 170 Å². The maximum absolute atomic E-state index is 12.6. The number of rotatable bonds is 5. The van der Waals surface area contributed by atoms with Crippen LogP contribution in [-0.4, -0.2) is 42.4 Å². The van der Waals surface area contributed by atoms with Crippen LogP contribution in [0.15, 0.2) is 48.5 Å². The van der Waals surface area contributed by atoms with E-state index >= 15 is 0 Å². The highest BCUT2D eigenvalue weighted by Gasteiger charge is 2.22. The molecule has 0 aliphatic carbocycles. The number of hydrogen-bond acceptors (Lipinski definition) is 4. The average Bonchev–Trinajstić information content (AvgIpc) is 2.74. The maximum atomic E-state index is 12.6. The van der Waals surface area contributed by atoms with Crippen LogP contribution in [0.2, 0.25) is 0 Å². The lowest BCUT2D eigenvalue weighted by Crippen LogP contribution is -2.37. The Kier molecular flexibility index (Phi) is 6.65. The number of benzene rings is 2. The molecule has 6 heteroatoms. The molecule has 1 saturated heterocycles. The summed E-state index contributed by atoms with van der Waals surface area (Å²) in [5.41, 5.74) is 1.67. The Morgan fingerprint density at radius 3 is 2.28 bits per heavy atom. The van der Waals surface area contributed by atoms with Crippen molar-refractivity contribution >= 4 is 23.5 Å². The maximum Gasteiger partial charge on any atom is 0.340 e. The molecule has 0 spiro atoms. The predicted molar refractivity (Wildman–Crippen MR) is 111 cm³/mol. The molecule has 152 valence electrons. The zero-order chi connectivity index (χ0) is 20.8. The summed E-state index contributed by atoms with van der Waals surface area (Å²) in [5, 5.41) is 2.75. The fourth-order valence-corrected chi connectivity index (χ4v) is 3.33. The third-order valence-electron chi connectivity index (χ3n) is 5.14. The van der Waals surface area contributed by atoms with Gasteiger partial charge in [-0.2, -0.15) is 0 Å². The third-order valence-corrected chi connectivity index (χ3v) is 5.14. The second-order valence-electron chi connectivity index (χ2n) is 7.27. The van der Waals surface area contributed by atoms with Crippen LogP contribution in [0.4, 0.5) is 5.69 Å². The predicted octanol–water partition coefficient (Wildman–Crippen LogP) is 3.99. The number of piperidine rings is 1. The van der Waals surface area contributed by atoms with Crippen molar-refractivity contribution in [3.8, 4) is 0 Å². The summed E-state index contributed by atoms with van der Waals surface area (Å²) in [7, 11) is 0. The lowest BCUT2D eigenvalue weighted by atomic mass is 9.98. The summed E-state index contributed by atoms with van der Waals surface area (Å²) in [5.74, 6) is -0.188. The van der Waals surface area contributed by atoms with E-state index in [2.05, 4.69) is 12.2 Å². The molecule has 0 unspecified atom stereocenters. The first-order chi connectivity index (χ1) is 14.0. The first kappa shape index (κ1) is 20.6. The molecule has 2 aromatic carbocycles. The smallest absolute Gasteiger partial charge is 0.340 e. The molecule has 1 N–H and O–H groups in total. The Hall–Kier alpha value is -3.15. The van der Waals surface area contributed by atoms with E-state index in [-0.39, 0.29) is 18.4 Å². The van der Waals surface area contributed by atoms with Gasteiger partial charge >= 0.3 is 5.97 Å². The van der Waals surface area contributed by atoms with E-state index in [0.29, 0.717) is 28.3 Å². The Balaban J connectivity index is 1.68. The molecule has 1 heterocycles. The number of amides is 2. The molecule has 1 fully saturated rings. The van der Waals surface area contributed by atoms with Gasteiger partial charge in [0.15, 0.2) is 0 Å². The molecular weight excluding hydrogens is 368 g/mol. The Morgan fingerprint density at radius 2 is 1.62 bits per heavy atom. The van der Waals surface area contributed by atoms with Gasteiger partial charge in [-0.15, -0.1) is 0 Å². The minimum absolute atomic E-state index is 0.00323. The molecule has 0 atom stereocenters. The van der Waals surface area contributed by atoms with Crippen molar-refractivity contribution < 1.29 is 19.1 Å². The van der Waals surface area contributed by atoms with Gasteiger partial charge in [-0.3, -0.25) is 9.59 Å². The Morgan fingerprint density at radius 1 is 1.00 bits per heavy atom. The van der Waals surface area contributed by atoms with Crippen LogP contribution in [-0.2, 0) is 4.74 Å². The summed E-state index contributed by atoms with van der Waals surface area (Å²) in [6.07, 6.45) is 2.04. The van der Waals surface area contributed by atoms with Gasteiger partial charge in [0.25, 0.3) is 11.8 Å². The number of ether oxygens (including phenoxy) is 1. The van der Waals surface area contributed by atoms with Crippen molar-refractivity contribution in [2.75, 3.05) is 25.0 Å². The number of nitrogens with one attached hydrogen (secondary N) is 1. The number of carbonyl (C=O) groups excluding carboxylic acids is 3. The van der Waals surface area contributed by atoms with Crippen molar-refractivity contribution in [2.45, 2.75) is 26.7 Å². The number of esters is 1. The molecule has 29 heavy (non-hydrogen) atoms. The van der Waals surface area contributed by atoms with Gasteiger partial charge in [0.05, 0.1) is 17.9 Å². The lowest BCUT2D eigenvalue weighted by Gasteiger charge is -2.30. The normalized spacial score (nSPS) is 14.3. The van der Waals surface area contributed by atoms with E-state index in [0.717, 1.165) is 25.9 Å². The van der Waals surface area contributed by atoms with Crippen molar-refractivity contribution in [2.24, 2.45) is 5.92 Å². The van der Waals surface area contributed by atoms with Gasteiger partial charge in [-0.05, 0) is 62.1 Å². The van der Waals surface area contributed by atoms with E-state index in [4.69, 9.17) is 4.74 Å². The largest absolute Gasteiger partial charge is 0.462 e. The molecule has 1 aliphatic rings. The van der Waals surface area contributed by atoms with Gasteiger partial charge in [-0.1, -0.05) is 19.1 Å². The molecule has 1 aliphatic heterocycles. The van der Waals surface area contributed by atoms with Crippen LogP contribution >= 0.6 is 0 Å². The lowest BCUT2D eigenvalue weighted by molar-refractivity contribution is 0.0527. The molecule has 2 aromatic rings. The molecule has 6 nitrogen and oxygen atoms in total. The number of nitrogens with zero attached hydrogens (tertiary/aromatic N) is 1. The summed E-state index contributed by atoms with van der Waals surface area (Å²) in [6.45, 7) is 5.73. The van der Waals surface area contributed by atoms with Crippen LogP contribution < -0.4 is 5.32 Å². The summed E-state index contributed by atoms with van der Waals surface area (Å²) in [4.78, 5) is 39.2. The van der Waals surface area contributed by atoms with Gasteiger partial charge < -0.3 is 15.0 Å². The SMILES string of the molecule is CCOC(=O)c1ccccc1NC(=O)c1ccc(C(=O)N2CCC(C)CC2)cc1. The van der Waals surface area contributed by atoms with Gasteiger partial charge in [0, 0.05) is 24.2 Å². The van der Waals surface area contributed by atoms with Crippen LogP contribution in [0.5, 0.6) is 0 Å². The molecule has 0 bridgehead atoms. The highest BCUT2D eigenvalue weighted by molar-refractivity contribution is 6.08. The van der Waals surface area contributed by atoms with Gasteiger partial charge in [0.2, 0.25) is 0 Å². The van der Waals surface area contributed by atoms with Crippen LogP contribution in [0, 0.1) is 5.92 Å². The third kappa shape index (κ3) is 5.02.